The number of nitrogens with one attached hydrogen (secondary N) is 1. The molecule has 1 saturated carbocycles. The van der Waals surface area contributed by atoms with Crippen molar-refractivity contribution in [2.45, 2.75) is 74.9 Å². The third-order valence-corrected chi connectivity index (χ3v) is 13.8. The van der Waals surface area contributed by atoms with Crippen molar-refractivity contribution in [1.82, 2.24) is 13.9 Å². The maximum atomic E-state index is 13.9. The average Bonchev–Trinajstić information content (AvgIpc) is 3.21. The van der Waals surface area contributed by atoms with E-state index in [0.717, 1.165) is 62.2 Å². The summed E-state index contributed by atoms with van der Waals surface area (Å²) in [6.07, 6.45) is 7.24. The SMILES string of the molecule is CN1CC[C@H]2CCO[C@@H](C2)[C@@H]2CC[C@H]2CN2C[C@@]3(CCCc4cc(Cl)ccc43)COc3ccc(cc32)[C@@](O)(C(=O)NS(=O)(=O)N(C)C)CC1=O. The minimum Gasteiger partial charge on any atom is -0.490 e. The van der Waals surface area contributed by atoms with Crippen molar-refractivity contribution in [2.24, 2.45) is 17.8 Å². The second-order valence-corrected chi connectivity index (χ2v) is 17.8. The monoisotopic (exact) mass is 728 g/mol. The number of rotatable bonds is 3. The molecular formula is C37H49ClN4O7S. The summed E-state index contributed by atoms with van der Waals surface area (Å²) in [6.45, 7) is 2.99. The first-order valence-corrected chi connectivity index (χ1v) is 19.7. The van der Waals surface area contributed by atoms with Gasteiger partial charge in [-0.15, -0.1) is 0 Å². The van der Waals surface area contributed by atoms with Crippen LogP contribution in [0.1, 0.15) is 68.1 Å². The molecule has 7 rings (SSSR count). The number of amides is 2. The Bertz CT molecular complexity index is 1760. The second-order valence-electron chi connectivity index (χ2n) is 15.4. The van der Waals surface area contributed by atoms with Gasteiger partial charge in [0.05, 0.1) is 24.8 Å². The van der Waals surface area contributed by atoms with E-state index in [1.54, 1.807) is 25.2 Å². The smallest absolute Gasteiger partial charge is 0.303 e. The van der Waals surface area contributed by atoms with Crippen molar-refractivity contribution in [3.63, 3.8) is 0 Å². The predicted molar refractivity (Wildman–Crippen MR) is 190 cm³/mol. The fourth-order valence-electron chi connectivity index (χ4n) is 8.89. The molecule has 2 N–H and O–H groups in total. The van der Waals surface area contributed by atoms with Gasteiger partial charge in [0.15, 0.2) is 5.60 Å². The molecule has 1 spiro atoms. The van der Waals surface area contributed by atoms with Crippen LogP contribution in [0, 0.1) is 17.8 Å². The predicted octanol–water partition coefficient (Wildman–Crippen LogP) is 4.00. The molecule has 0 unspecified atom stereocenters. The molecule has 2 aliphatic carbocycles. The molecule has 3 heterocycles. The fourth-order valence-corrected chi connectivity index (χ4v) is 9.67. The zero-order chi connectivity index (χ0) is 35.4. The molecule has 2 aromatic rings. The van der Waals surface area contributed by atoms with Crippen LogP contribution in [-0.2, 0) is 42.0 Å². The Balaban J connectivity index is 1.34. The van der Waals surface area contributed by atoms with E-state index in [4.69, 9.17) is 21.1 Å². The molecule has 3 aliphatic heterocycles. The summed E-state index contributed by atoms with van der Waals surface area (Å²) in [5.41, 5.74) is 0.497. The van der Waals surface area contributed by atoms with E-state index in [2.05, 4.69) is 17.0 Å². The van der Waals surface area contributed by atoms with E-state index in [-0.39, 0.29) is 17.1 Å². The van der Waals surface area contributed by atoms with Crippen LogP contribution in [0.15, 0.2) is 36.4 Å². The molecule has 2 fully saturated rings. The first-order valence-electron chi connectivity index (χ1n) is 17.9. The van der Waals surface area contributed by atoms with Crippen LogP contribution < -0.4 is 14.4 Å². The van der Waals surface area contributed by atoms with Crippen molar-refractivity contribution in [2.75, 3.05) is 58.9 Å². The number of fused-ring (bicyclic) bond motifs is 7. The Morgan fingerprint density at radius 1 is 1.12 bits per heavy atom. The van der Waals surface area contributed by atoms with Crippen molar-refractivity contribution >= 4 is 39.3 Å². The maximum absolute atomic E-state index is 13.9. The highest BCUT2D eigenvalue weighted by molar-refractivity contribution is 7.87. The van der Waals surface area contributed by atoms with Gasteiger partial charge in [-0.05, 0) is 110 Å². The first-order chi connectivity index (χ1) is 23.8. The van der Waals surface area contributed by atoms with Gasteiger partial charge in [0.1, 0.15) is 5.75 Å². The summed E-state index contributed by atoms with van der Waals surface area (Å²) < 4.78 is 41.6. The molecule has 1 saturated heterocycles. The van der Waals surface area contributed by atoms with E-state index < -0.39 is 34.0 Å². The lowest BCUT2D eigenvalue weighted by Crippen LogP contribution is -2.52. The Kier molecular flexibility index (Phi) is 9.64. The number of aryl methyl sites for hydroxylation is 1. The van der Waals surface area contributed by atoms with Crippen LogP contribution in [0.25, 0.3) is 0 Å². The highest BCUT2D eigenvalue weighted by Gasteiger charge is 2.48. The lowest BCUT2D eigenvalue weighted by molar-refractivity contribution is -0.148. The summed E-state index contributed by atoms with van der Waals surface area (Å²) in [4.78, 5) is 31.5. The number of carbonyl (C=O) groups excluding carboxylic acids is 2. The number of carbonyl (C=O) groups is 2. The zero-order valence-electron chi connectivity index (χ0n) is 29.2. The maximum Gasteiger partial charge on any atom is 0.303 e. The van der Waals surface area contributed by atoms with E-state index >= 15 is 0 Å². The van der Waals surface area contributed by atoms with Gasteiger partial charge in [0.25, 0.3) is 5.91 Å². The summed E-state index contributed by atoms with van der Waals surface area (Å²) in [5.74, 6) is 0.154. The third kappa shape index (κ3) is 6.62. The summed E-state index contributed by atoms with van der Waals surface area (Å²) in [5, 5.41) is 13.0. The van der Waals surface area contributed by atoms with Gasteiger partial charge in [-0.25, -0.2) is 4.72 Å². The van der Waals surface area contributed by atoms with Gasteiger partial charge in [-0.2, -0.15) is 12.7 Å². The van der Waals surface area contributed by atoms with Crippen molar-refractivity contribution in [1.29, 1.82) is 0 Å². The Morgan fingerprint density at radius 3 is 2.70 bits per heavy atom. The zero-order valence-corrected chi connectivity index (χ0v) is 30.8. The van der Waals surface area contributed by atoms with Gasteiger partial charge < -0.3 is 24.4 Å². The standard InChI is InChI=1S/C37H49ClN4O7S/c1-40(2)50(46,47)39-35(44)37(45)20-34(43)41(3)15-12-24-13-16-48-33(17-24)29-9-6-26(29)21-42-22-36(23-49-32-11-7-27(37)19-31(32)42)14-4-5-25-18-28(38)8-10-30(25)36/h7-8,10-11,18-19,24,26,29,33,45H,4-6,9,12-17,20-23H2,1-3H3,(H,39,44)/t24-,26-,29+,33-,36-,37+/m0/s1. The molecule has 2 amide bonds. The van der Waals surface area contributed by atoms with Gasteiger partial charge >= 0.3 is 10.2 Å². The number of benzene rings is 2. The van der Waals surface area contributed by atoms with Crippen molar-refractivity contribution in [3.8, 4) is 5.75 Å². The van der Waals surface area contributed by atoms with Gasteiger partial charge in [0.2, 0.25) is 5.91 Å². The molecule has 2 aromatic carbocycles. The molecule has 6 atom stereocenters. The van der Waals surface area contributed by atoms with E-state index in [1.807, 2.05) is 10.8 Å². The average molecular weight is 729 g/mol. The normalized spacial score (nSPS) is 31.6. The first kappa shape index (κ1) is 35.5. The summed E-state index contributed by atoms with van der Waals surface area (Å²) >= 11 is 6.46. The molecule has 13 heteroatoms. The number of ether oxygens (including phenoxy) is 2. The molecule has 272 valence electrons. The van der Waals surface area contributed by atoms with Crippen molar-refractivity contribution in [3.05, 3.63) is 58.1 Å². The number of hydrogen-bond acceptors (Lipinski definition) is 8. The van der Waals surface area contributed by atoms with Crippen molar-refractivity contribution < 1.29 is 32.6 Å². The molecule has 0 aromatic heterocycles. The molecular weight excluding hydrogens is 680 g/mol. The minimum atomic E-state index is -4.27. The lowest BCUT2D eigenvalue weighted by atomic mass is 9.67. The fraction of sp³-hybridized carbons (Fsp3) is 0.622. The van der Waals surface area contributed by atoms with E-state index in [1.165, 1.54) is 30.1 Å². The van der Waals surface area contributed by atoms with Crippen LogP contribution >= 0.6 is 11.6 Å². The molecule has 4 bridgehead atoms. The van der Waals surface area contributed by atoms with Gasteiger partial charge in [0, 0.05) is 57.8 Å². The summed E-state index contributed by atoms with van der Waals surface area (Å²) in [6, 6.07) is 11.2. The van der Waals surface area contributed by atoms with Crippen LogP contribution in [-0.4, -0.2) is 94.6 Å². The van der Waals surface area contributed by atoms with Crippen LogP contribution in [0.2, 0.25) is 5.02 Å². The van der Waals surface area contributed by atoms with Gasteiger partial charge in [-0.3, -0.25) is 9.59 Å². The van der Waals surface area contributed by atoms with Gasteiger partial charge in [-0.1, -0.05) is 23.7 Å². The lowest BCUT2D eigenvalue weighted by Gasteiger charge is -2.48. The second kappa shape index (κ2) is 13.6. The third-order valence-electron chi connectivity index (χ3n) is 12.1. The Morgan fingerprint density at radius 2 is 1.94 bits per heavy atom. The van der Waals surface area contributed by atoms with Crippen LogP contribution in [0.4, 0.5) is 5.69 Å². The number of aliphatic hydroxyl groups is 1. The number of halogens is 1. The number of hydrogen-bond donors (Lipinski definition) is 2. The highest BCUT2D eigenvalue weighted by Crippen LogP contribution is 2.48. The van der Waals surface area contributed by atoms with E-state index in [0.29, 0.717) is 60.5 Å². The van der Waals surface area contributed by atoms with Crippen LogP contribution in [0.3, 0.4) is 0 Å². The Labute approximate surface area is 300 Å². The highest BCUT2D eigenvalue weighted by atomic mass is 35.5. The summed E-state index contributed by atoms with van der Waals surface area (Å²) in [7, 11) is -0.0257. The molecule has 5 aliphatic rings. The van der Waals surface area contributed by atoms with Crippen LogP contribution in [0.5, 0.6) is 5.75 Å². The molecule has 11 nitrogen and oxygen atoms in total. The number of nitrogens with zero attached hydrogens (tertiary/aromatic N) is 3. The largest absolute Gasteiger partial charge is 0.490 e. The minimum absolute atomic E-state index is 0.127. The molecule has 50 heavy (non-hydrogen) atoms. The Hall–Kier alpha value is -2.90. The topological polar surface area (TPSA) is 129 Å². The molecule has 0 radical (unpaired) electrons. The number of anilines is 1. The van der Waals surface area contributed by atoms with E-state index in [9.17, 15) is 23.1 Å². The quantitative estimate of drug-likeness (QED) is 0.486.